The van der Waals surface area contributed by atoms with E-state index in [4.69, 9.17) is 19.4 Å². The molecular weight excluding hydrogens is 560 g/mol. The number of hydrogen-bond donors (Lipinski definition) is 0. The van der Waals surface area contributed by atoms with Crippen molar-refractivity contribution in [2.75, 3.05) is 23.9 Å². The van der Waals surface area contributed by atoms with Crippen LogP contribution in [0.15, 0.2) is 72.8 Å². The van der Waals surface area contributed by atoms with Crippen LogP contribution in [0.3, 0.4) is 0 Å². The van der Waals surface area contributed by atoms with Crippen LogP contribution >= 0.6 is 0 Å². The summed E-state index contributed by atoms with van der Waals surface area (Å²) in [6.07, 6.45) is 12.1. The van der Waals surface area contributed by atoms with Crippen molar-refractivity contribution in [2.45, 2.75) is 81.9 Å². The molecule has 8 rings (SSSR count). The minimum absolute atomic E-state index is 0.352. The summed E-state index contributed by atoms with van der Waals surface area (Å²) in [7, 11) is 4.03. The average molecular weight is 601 g/mol. The van der Waals surface area contributed by atoms with Crippen molar-refractivity contribution in [3.05, 3.63) is 95.1 Å². The second-order valence-electron chi connectivity index (χ2n) is 13.2. The van der Waals surface area contributed by atoms with Gasteiger partial charge in [-0.05, 0) is 43.9 Å². The first kappa shape index (κ1) is 28.1. The van der Waals surface area contributed by atoms with Gasteiger partial charge >= 0.3 is 5.97 Å². The lowest BCUT2D eigenvalue weighted by Gasteiger charge is -2.43. The highest BCUT2D eigenvalue weighted by atomic mass is 16.6. The van der Waals surface area contributed by atoms with Gasteiger partial charge in [0.25, 0.3) is 0 Å². The molecule has 45 heavy (non-hydrogen) atoms. The van der Waals surface area contributed by atoms with Crippen LogP contribution in [0.25, 0.3) is 11.3 Å². The predicted molar refractivity (Wildman–Crippen MR) is 176 cm³/mol. The number of nitrogens with zero attached hydrogens (tertiary/aromatic N) is 4. The molecule has 1 unspecified atom stereocenters. The second-order valence-corrected chi connectivity index (χ2v) is 13.2. The molecule has 7 heteroatoms. The van der Waals surface area contributed by atoms with Crippen LogP contribution < -0.4 is 14.5 Å². The second kappa shape index (κ2) is 11.2. The van der Waals surface area contributed by atoms with Crippen LogP contribution in [-0.2, 0) is 10.3 Å². The molecule has 4 aromatic rings. The third-order valence-electron chi connectivity index (χ3n) is 10.3. The van der Waals surface area contributed by atoms with Crippen LogP contribution in [0.5, 0.6) is 11.6 Å². The van der Waals surface area contributed by atoms with Crippen molar-refractivity contribution in [3.63, 3.8) is 0 Å². The van der Waals surface area contributed by atoms with E-state index in [1.165, 1.54) is 38.5 Å². The molecular formula is C38H40N4O3. The molecule has 2 saturated carbocycles. The zero-order valence-corrected chi connectivity index (χ0v) is 26.2. The first-order valence-corrected chi connectivity index (χ1v) is 16.6. The Labute approximate surface area is 265 Å². The highest BCUT2D eigenvalue weighted by Crippen LogP contribution is 2.58. The molecule has 2 aliphatic heterocycles. The summed E-state index contributed by atoms with van der Waals surface area (Å²) in [5, 5.41) is 0. The number of rotatable bonds is 5. The molecule has 0 saturated heterocycles. The van der Waals surface area contributed by atoms with Crippen molar-refractivity contribution in [3.8, 4) is 22.9 Å². The third-order valence-corrected chi connectivity index (χ3v) is 10.3. The number of benzene rings is 3. The Hall–Kier alpha value is -4.39. The normalized spacial score (nSPS) is 21.0. The van der Waals surface area contributed by atoms with E-state index in [0.29, 0.717) is 34.8 Å². The van der Waals surface area contributed by atoms with Crippen molar-refractivity contribution < 1.29 is 14.3 Å². The van der Waals surface area contributed by atoms with Crippen LogP contribution in [0, 0.1) is 0 Å². The zero-order valence-electron chi connectivity index (χ0n) is 26.2. The lowest BCUT2D eigenvalue weighted by Crippen LogP contribution is -2.46. The van der Waals surface area contributed by atoms with Gasteiger partial charge in [0, 0.05) is 54.6 Å². The predicted octanol–water partition coefficient (Wildman–Crippen LogP) is 8.25. The molecule has 3 aromatic carbocycles. The lowest BCUT2D eigenvalue weighted by atomic mass is 9.77. The fraction of sp³-hybridized carbons (Fsp3) is 0.395. The van der Waals surface area contributed by atoms with E-state index in [1.54, 1.807) is 0 Å². The Morgan fingerprint density at radius 2 is 1.42 bits per heavy atom. The molecule has 230 valence electrons. The van der Waals surface area contributed by atoms with E-state index in [1.807, 2.05) is 68.7 Å². The fourth-order valence-electron chi connectivity index (χ4n) is 8.09. The Morgan fingerprint density at radius 3 is 2.11 bits per heavy atom. The van der Waals surface area contributed by atoms with Crippen LogP contribution in [0.1, 0.15) is 91.3 Å². The Kier molecular flexibility index (Phi) is 7.00. The van der Waals surface area contributed by atoms with Crippen molar-refractivity contribution in [1.29, 1.82) is 0 Å². The topological polar surface area (TPSA) is 67.8 Å². The summed E-state index contributed by atoms with van der Waals surface area (Å²) >= 11 is 0. The molecule has 1 spiro atoms. The van der Waals surface area contributed by atoms with Gasteiger partial charge in [-0.3, -0.25) is 0 Å². The molecule has 1 atom stereocenters. The van der Waals surface area contributed by atoms with E-state index in [-0.39, 0.29) is 5.97 Å². The molecule has 2 aliphatic carbocycles. The van der Waals surface area contributed by atoms with Gasteiger partial charge in [-0.15, -0.1) is 0 Å². The fourth-order valence-corrected chi connectivity index (χ4v) is 8.09. The van der Waals surface area contributed by atoms with Crippen LogP contribution in [-0.4, -0.2) is 42.1 Å². The first-order chi connectivity index (χ1) is 22.0. The maximum absolute atomic E-state index is 13.6. The minimum Gasteiger partial charge on any atom is -0.440 e. The van der Waals surface area contributed by atoms with E-state index in [0.717, 1.165) is 59.7 Å². The van der Waals surface area contributed by atoms with E-state index >= 15 is 0 Å². The number of hydrogen-bond acceptors (Lipinski definition) is 7. The summed E-state index contributed by atoms with van der Waals surface area (Å²) in [5.74, 6) is 1.48. The SMILES string of the molecule is CN(C)c1ccc2c(c1)Oc1nc(N(C3CCCCC3)C3CCCCC3)nc(-c3ccccc3)c1C21OC(=O)c2ccccc21. The molecule has 4 aliphatic rings. The molecule has 0 bridgehead atoms. The number of anilines is 2. The zero-order chi connectivity index (χ0) is 30.5. The van der Waals surface area contributed by atoms with Gasteiger partial charge in [0.1, 0.15) is 5.75 Å². The molecule has 0 N–H and O–H groups in total. The van der Waals surface area contributed by atoms with Crippen LogP contribution in [0.2, 0.25) is 0 Å². The summed E-state index contributed by atoms with van der Waals surface area (Å²) in [4.78, 5) is 29.1. The van der Waals surface area contributed by atoms with Crippen molar-refractivity contribution >= 4 is 17.6 Å². The molecule has 7 nitrogen and oxygen atoms in total. The van der Waals surface area contributed by atoms with Crippen molar-refractivity contribution in [1.82, 2.24) is 9.97 Å². The maximum Gasteiger partial charge on any atom is 0.340 e. The minimum atomic E-state index is -1.24. The molecule has 2 fully saturated rings. The largest absolute Gasteiger partial charge is 0.440 e. The summed E-state index contributed by atoms with van der Waals surface area (Å²) in [5.41, 5.74) is 4.27. The van der Waals surface area contributed by atoms with Crippen molar-refractivity contribution in [2.24, 2.45) is 0 Å². The number of esters is 1. The number of ether oxygens (including phenoxy) is 2. The maximum atomic E-state index is 13.6. The average Bonchev–Trinajstić information content (AvgIpc) is 3.37. The molecule has 0 amide bonds. The Balaban J connectivity index is 1.41. The number of carbonyl (C=O) groups excluding carboxylic acids is 1. The Morgan fingerprint density at radius 1 is 0.756 bits per heavy atom. The monoisotopic (exact) mass is 600 g/mol. The van der Waals surface area contributed by atoms with E-state index in [9.17, 15) is 4.79 Å². The summed E-state index contributed by atoms with van der Waals surface area (Å²) in [6, 6.07) is 24.9. The van der Waals surface area contributed by atoms with Gasteiger partial charge in [-0.1, -0.05) is 87.1 Å². The number of fused-ring (bicyclic) bond motifs is 6. The van der Waals surface area contributed by atoms with Gasteiger partial charge in [-0.2, -0.15) is 4.98 Å². The number of aromatic nitrogens is 2. The van der Waals surface area contributed by atoms with Gasteiger partial charge in [0.2, 0.25) is 11.8 Å². The van der Waals surface area contributed by atoms with Gasteiger partial charge in [0.15, 0.2) is 5.60 Å². The Bertz CT molecular complexity index is 1730. The standard InChI is InChI=1S/C38H40N4O3/c1-41(2)28-22-23-31-32(24-28)44-35-33(38(31)30-21-13-12-20-29(30)36(43)45-38)34(25-14-6-3-7-15-25)39-37(40-35)42(26-16-8-4-9-17-26)27-18-10-5-11-19-27/h3,6-7,12-15,20-24,26-27H,4-5,8-11,16-19H2,1-2H3. The highest BCUT2D eigenvalue weighted by Gasteiger charge is 2.56. The quantitative estimate of drug-likeness (QED) is 0.214. The molecule has 0 radical (unpaired) electrons. The van der Waals surface area contributed by atoms with Gasteiger partial charge in [-0.25, -0.2) is 9.78 Å². The smallest absolute Gasteiger partial charge is 0.340 e. The van der Waals surface area contributed by atoms with E-state index in [2.05, 4.69) is 28.0 Å². The van der Waals surface area contributed by atoms with Gasteiger partial charge in [0.05, 0.1) is 16.8 Å². The lowest BCUT2D eigenvalue weighted by molar-refractivity contribution is 0.0222. The molecule has 3 heterocycles. The summed E-state index contributed by atoms with van der Waals surface area (Å²) in [6.45, 7) is 0. The number of carbonyl (C=O) groups is 1. The van der Waals surface area contributed by atoms with Crippen LogP contribution in [0.4, 0.5) is 11.6 Å². The highest BCUT2D eigenvalue weighted by molar-refractivity contribution is 5.97. The third kappa shape index (κ3) is 4.58. The molecule has 1 aromatic heterocycles. The summed E-state index contributed by atoms with van der Waals surface area (Å²) < 4.78 is 13.4. The van der Waals surface area contributed by atoms with E-state index < -0.39 is 5.60 Å². The first-order valence-electron chi connectivity index (χ1n) is 16.6. The van der Waals surface area contributed by atoms with Gasteiger partial charge < -0.3 is 19.3 Å².